The molecule has 6 nitrogen and oxygen atoms in total. The first kappa shape index (κ1) is 15.5. The number of amides is 2. The predicted octanol–water partition coefficient (Wildman–Crippen LogP) is 1.38. The quantitative estimate of drug-likeness (QED) is 0.911. The van der Waals surface area contributed by atoms with Crippen LogP contribution in [0.3, 0.4) is 0 Å². The molecule has 2 unspecified atom stereocenters. The molecule has 1 aromatic heterocycles. The number of carbonyl (C=O) groups excluding carboxylic acids is 2. The summed E-state index contributed by atoms with van der Waals surface area (Å²) in [5, 5.41) is 7.16. The number of piperazine rings is 1. The first-order chi connectivity index (χ1) is 9.85. The van der Waals surface area contributed by atoms with Gasteiger partial charge in [-0.1, -0.05) is 20.8 Å². The molecule has 0 radical (unpaired) electrons. The molecule has 0 aliphatic carbocycles. The van der Waals surface area contributed by atoms with Crippen LogP contribution in [-0.2, 0) is 16.6 Å². The Balaban J connectivity index is 2.39. The van der Waals surface area contributed by atoms with E-state index >= 15 is 0 Å². The van der Waals surface area contributed by atoms with Crippen molar-refractivity contribution >= 4 is 17.5 Å². The molecule has 0 aromatic carbocycles. The zero-order chi connectivity index (χ0) is 15.7. The molecular formula is C15H24N4O2. The van der Waals surface area contributed by atoms with Crippen LogP contribution >= 0.6 is 0 Å². The van der Waals surface area contributed by atoms with Gasteiger partial charge in [0.15, 0.2) is 0 Å². The second-order valence-electron chi connectivity index (χ2n) is 6.10. The molecule has 1 aromatic rings. The number of anilines is 1. The smallest absolute Gasteiger partial charge is 0.250 e. The van der Waals surface area contributed by atoms with Crippen molar-refractivity contribution in [2.45, 2.75) is 52.6 Å². The summed E-state index contributed by atoms with van der Waals surface area (Å²) in [4.78, 5) is 26.8. The van der Waals surface area contributed by atoms with E-state index in [9.17, 15) is 9.59 Å². The molecule has 1 N–H and O–H groups in total. The summed E-state index contributed by atoms with van der Waals surface area (Å²) in [5.74, 6) is 0.228. The first-order valence-corrected chi connectivity index (χ1v) is 7.48. The molecule has 0 saturated carbocycles. The summed E-state index contributed by atoms with van der Waals surface area (Å²) in [7, 11) is 1.82. The molecule has 2 rings (SSSR count). The van der Waals surface area contributed by atoms with Gasteiger partial charge in [0, 0.05) is 13.2 Å². The Morgan fingerprint density at radius 3 is 2.52 bits per heavy atom. The van der Waals surface area contributed by atoms with Crippen LogP contribution in [0.15, 0.2) is 6.20 Å². The lowest BCUT2D eigenvalue weighted by Crippen LogP contribution is -2.63. The third-order valence-electron chi connectivity index (χ3n) is 3.81. The maximum absolute atomic E-state index is 12.8. The highest BCUT2D eigenvalue weighted by Gasteiger charge is 2.41. The zero-order valence-corrected chi connectivity index (χ0v) is 13.4. The monoisotopic (exact) mass is 292 g/mol. The molecule has 116 valence electrons. The van der Waals surface area contributed by atoms with Crippen molar-refractivity contribution in [3.63, 3.8) is 0 Å². The summed E-state index contributed by atoms with van der Waals surface area (Å²) in [6.07, 6.45) is 3.04. The normalized spacial score (nSPS) is 22.9. The Kier molecular flexibility index (Phi) is 4.34. The number of hydrogen-bond donors (Lipinski definition) is 1. The number of aromatic nitrogens is 2. The van der Waals surface area contributed by atoms with Crippen LogP contribution in [0.25, 0.3) is 0 Å². The second kappa shape index (κ2) is 5.87. The number of carbonyl (C=O) groups is 2. The SMILES string of the molecule is CCC1C(=O)NC(CC(C)C)C(=O)N1c1cn(C)nc1C. The van der Waals surface area contributed by atoms with Gasteiger partial charge >= 0.3 is 0 Å². The average Bonchev–Trinajstić information content (AvgIpc) is 2.71. The van der Waals surface area contributed by atoms with Crippen LogP contribution < -0.4 is 10.2 Å². The molecule has 0 bridgehead atoms. The van der Waals surface area contributed by atoms with Crippen LogP contribution in [-0.4, -0.2) is 33.7 Å². The highest BCUT2D eigenvalue weighted by Crippen LogP contribution is 2.27. The van der Waals surface area contributed by atoms with Crippen LogP contribution in [0.4, 0.5) is 5.69 Å². The van der Waals surface area contributed by atoms with Crippen LogP contribution in [0.1, 0.15) is 39.3 Å². The fraction of sp³-hybridized carbons (Fsp3) is 0.667. The topological polar surface area (TPSA) is 67.2 Å². The zero-order valence-electron chi connectivity index (χ0n) is 13.4. The van der Waals surface area contributed by atoms with Gasteiger partial charge in [0.05, 0.1) is 11.4 Å². The molecule has 2 atom stereocenters. The Labute approximate surface area is 125 Å². The minimum absolute atomic E-state index is 0.0359. The van der Waals surface area contributed by atoms with Gasteiger partial charge in [-0.25, -0.2) is 0 Å². The van der Waals surface area contributed by atoms with E-state index in [4.69, 9.17) is 0 Å². The van der Waals surface area contributed by atoms with Crippen molar-refractivity contribution in [1.82, 2.24) is 15.1 Å². The fourth-order valence-corrected chi connectivity index (χ4v) is 2.88. The lowest BCUT2D eigenvalue weighted by Gasteiger charge is -2.38. The van der Waals surface area contributed by atoms with Gasteiger partial charge in [0.2, 0.25) is 11.8 Å². The van der Waals surface area contributed by atoms with Crippen molar-refractivity contribution in [2.75, 3.05) is 4.90 Å². The summed E-state index contributed by atoms with van der Waals surface area (Å²) in [5.41, 5.74) is 1.50. The number of rotatable bonds is 4. The van der Waals surface area contributed by atoms with Gasteiger partial charge in [-0.15, -0.1) is 0 Å². The number of nitrogens with zero attached hydrogens (tertiary/aromatic N) is 3. The minimum atomic E-state index is -0.455. The summed E-state index contributed by atoms with van der Waals surface area (Å²) in [6.45, 7) is 7.87. The molecule has 1 aliphatic heterocycles. The standard InChI is InChI=1S/C15H24N4O2/c1-6-12-14(20)16-11(7-9(2)3)15(21)19(12)13-8-18(5)17-10(13)4/h8-9,11-12H,6-7H2,1-5H3,(H,16,20). The van der Waals surface area contributed by atoms with Crippen LogP contribution in [0, 0.1) is 12.8 Å². The Morgan fingerprint density at radius 2 is 2.05 bits per heavy atom. The summed E-state index contributed by atoms with van der Waals surface area (Å²) in [6, 6.07) is -0.899. The van der Waals surface area contributed by atoms with Crippen molar-refractivity contribution in [3.8, 4) is 0 Å². The highest BCUT2D eigenvalue weighted by molar-refractivity contribution is 6.08. The van der Waals surface area contributed by atoms with E-state index in [0.717, 1.165) is 11.4 Å². The molecule has 21 heavy (non-hydrogen) atoms. The third-order valence-corrected chi connectivity index (χ3v) is 3.81. The van der Waals surface area contributed by atoms with E-state index in [2.05, 4.69) is 10.4 Å². The number of nitrogens with one attached hydrogen (secondary N) is 1. The van der Waals surface area contributed by atoms with E-state index in [1.807, 2.05) is 34.7 Å². The summed E-state index contributed by atoms with van der Waals surface area (Å²) >= 11 is 0. The third kappa shape index (κ3) is 2.94. The van der Waals surface area contributed by atoms with E-state index in [0.29, 0.717) is 18.8 Å². The molecule has 0 spiro atoms. The summed E-state index contributed by atoms with van der Waals surface area (Å²) < 4.78 is 1.68. The van der Waals surface area contributed by atoms with E-state index in [1.165, 1.54) is 0 Å². The average molecular weight is 292 g/mol. The van der Waals surface area contributed by atoms with Crippen LogP contribution in [0.5, 0.6) is 0 Å². The van der Waals surface area contributed by atoms with Crippen molar-refractivity contribution in [2.24, 2.45) is 13.0 Å². The second-order valence-corrected chi connectivity index (χ2v) is 6.10. The molecular weight excluding hydrogens is 268 g/mol. The lowest BCUT2D eigenvalue weighted by molar-refractivity contribution is -0.134. The van der Waals surface area contributed by atoms with Gasteiger partial charge in [-0.2, -0.15) is 5.10 Å². The van der Waals surface area contributed by atoms with Gasteiger partial charge in [0.1, 0.15) is 12.1 Å². The molecule has 1 fully saturated rings. The molecule has 6 heteroatoms. The van der Waals surface area contributed by atoms with E-state index in [-0.39, 0.29) is 11.8 Å². The van der Waals surface area contributed by atoms with E-state index < -0.39 is 12.1 Å². The Hall–Kier alpha value is -1.85. The highest BCUT2D eigenvalue weighted by atomic mass is 16.2. The maximum atomic E-state index is 12.8. The molecule has 1 saturated heterocycles. The molecule has 1 aliphatic rings. The van der Waals surface area contributed by atoms with Crippen molar-refractivity contribution < 1.29 is 9.59 Å². The number of hydrogen-bond acceptors (Lipinski definition) is 3. The van der Waals surface area contributed by atoms with Crippen LogP contribution in [0.2, 0.25) is 0 Å². The largest absolute Gasteiger partial charge is 0.342 e. The van der Waals surface area contributed by atoms with Gasteiger partial charge < -0.3 is 5.32 Å². The van der Waals surface area contributed by atoms with Gasteiger partial charge in [-0.05, 0) is 25.7 Å². The lowest BCUT2D eigenvalue weighted by atomic mass is 9.97. The number of aryl methyl sites for hydroxylation is 2. The fourth-order valence-electron chi connectivity index (χ4n) is 2.88. The maximum Gasteiger partial charge on any atom is 0.250 e. The van der Waals surface area contributed by atoms with Crippen molar-refractivity contribution in [3.05, 3.63) is 11.9 Å². The molecule has 2 heterocycles. The van der Waals surface area contributed by atoms with Crippen molar-refractivity contribution in [1.29, 1.82) is 0 Å². The predicted molar refractivity (Wildman–Crippen MR) is 80.9 cm³/mol. The Bertz CT molecular complexity index is 550. The van der Waals surface area contributed by atoms with Gasteiger partial charge in [-0.3, -0.25) is 19.2 Å². The van der Waals surface area contributed by atoms with Gasteiger partial charge in [0.25, 0.3) is 0 Å². The molecule has 2 amide bonds. The first-order valence-electron chi connectivity index (χ1n) is 7.48. The minimum Gasteiger partial charge on any atom is -0.342 e. The van der Waals surface area contributed by atoms with E-state index in [1.54, 1.807) is 15.8 Å². The Morgan fingerprint density at radius 1 is 1.38 bits per heavy atom.